The number of Topliss-reactive ketones (excluding diaryl/α,β-unsaturated/α-hetero) is 1. The molecule has 0 bridgehead atoms. The van der Waals surface area contributed by atoms with E-state index in [1.807, 2.05) is 66.7 Å². The number of allylic oxidation sites excluding steroid dienone is 1. The monoisotopic (exact) mass is 339 g/mol. The van der Waals surface area contributed by atoms with Gasteiger partial charge in [0.2, 0.25) is 0 Å². The highest BCUT2D eigenvalue weighted by molar-refractivity contribution is 6.18. The summed E-state index contributed by atoms with van der Waals surface area (Å²) in [4.78, 5) is 25.9. The van der Waals surface area contributed by atoms with Gasteiger partial charge in [-0.1, -0.05) is 60.7 Å². The first-order valence-corrected chi connectivity index (χ1v) is 8.51. The van der Waals surface area contributed by atoms with Crippen LogP contribution in [0.15, 0.2) is 84.4 Å². The molecule has 126 valence electrons. The van der Waals surface area contributed by atoms with Crippen molar-refractivity contribution in [1.82, 2.24) is 0 Å². The standard InChI is InChI=1S/C23H17NO2/c25-22-18(14-16-8-2-1-3-9-16)15-17-10-4-5-11-19(17)23(26)24-21-13-7-6-12-20(21)22/h1-14H,15H2,(H,24,26)/b18-14+. The van der Waals surface area contributed by atoms with E-state index < -0.39 is 0 Å². The molecule has 1 amide bonds. The largest absolute Gasteiger partial charge is 0.321 e. The molecule has 1 heterocycles. The van der Waals surface area contributed by atoms with Gasteiger partial charge in [-0.05, 0) is 35.4 Å². The second-order valence-corrected chi connectivity index (χ2v) is 6.24. The number of para-hydroxylation sites is 1. The minimum absolute atomic E-state index is 0.0681. The molecule has 0 aromatic heterocycles. The smallest absolute Gasteiger partial charge is 0.255 e. The van der Waals surface area contributed by atoms with Crippen molar-refractivity contribution in [2.75, 3.05) is 5.32 Å². The summed E-state index contributed by atoms with van der Waals surface area (Å²) in [5, 5.41) is 2.89. The second-order valence-electron chi connectivity index (χ2n) is 6.24. The predicted molar refractivity (Wildman–Crippen MR) is 103 cm³/mol. The van der Waals surface area contributed by atoms with Gasteiger partial charge in [-0.25, -0.2) is 0 Å². The van der Waals surface area contributed by atoms with Crippen LogP contribution in [0, 0.1) is 0 Å². The Hall–Kier alpha value is -3.46. The van der Waals surface area contributed by atoms with Gasteiger partial charge in [-0.2, -0.15) is 0 Å². The highest BCUT2D eigenvalue weighted by atomic mass is 16.2. The molecular formula is C23H17NO2. The molecule has 0 radical (unpaired) electrons. The topological polar surface area (TPSA) is 46.2 Å². The van der Waals surface area contributed by atoms with E-state index >= 15 is 0 Å². The van der Waals surface area contributed by atoms with Crippen LogP contribution in [-0.4, -0.2) is 11.7 Å². The van der Waals surface area contributed by atoms with Crippen molar-refractivity contribution in [3.8, 4) is 0 Å². The summed E-state index contributed by atoms with van der Waals surface area (Å²) in [6.07, 6.45) is 2.32. The average Bonchev–Trinajstić information content (AvgIpc) is 2.72. The van der Waals surface area contributed by atoms with Gasteiger partial charge in [-0.3, -0.25) is 9.59 Å². The second kappa shape index (κ2) is 6.81. The Balaban J connectivity index is 1.91. The van der Waals surface area contributed by atoms with Crippen LogP contribution >= 0.6 is 0 Å². The van der Waals surface area contributed by atoms with Crippen LogP contribution in [0.1, 0.15) is 31.8 Å². The maximum atomic E-state index is 13.2. The fourth-order valence-electron chi connectivity index (χ4n) is 3.20. The van der Waals surface area contributed by atoms with Crippen LogP contribution in [-0.2, 0) is 6.42 Å². The van der Waals surface area contributed by atoms with Crippen molar-refractivity contribution in [3.05, 3.63) is 107 Å². The molecule has 3 heteroatoms. The fourth-order valence-corrected chi connectivity index (χ4v) is 3.20. The van der Waals surface area contributed by atoms with Crippen molar-refractivity contribution in [1.29, 1.82) is 0 Å². The number of carbonyl (C=O) groups excluding carboxylic acids is 2. The minimum Gasteiger partial charge on any atom is -0.321 e. The van der Waals surface area contributed by atoms with E-state index in [1.165, 1.54) is 0 Å². The Morgan fingerprint density at radius 2 is 1.38 bits per heavy atom. The Labute approximate surface area is 152 Å². The van der Waals surface area contributed by atoms with Gasteiger partial charge in [0.15, 0.2) is 5.78 Å². The Kier molecular flexibility index (Phi) is 4.20. The third kappa shape index (κ3) is 3.07. The Bertz CT molecular complexity index is 1020. The zero-order valence-corrected chi connectivity index (χ0v) is 14.1. The molecule has 0 atom stereocenters. The summed E-state index contributed by atoms with van der Waals surface area (Å²) in [6, 6.07) is 24.3. The number of hydrogen-bond donors (Lipinski definition) is 1. The van der Waals surface area contributed by atoms with Crippen molar-refractivity contribution < 1.29 is 9.59 Å². The lowest BCUT2D eigenvalue weighted by Gasteiger charge is -2.09. The first kappa shape index (κ1) is 16.0. The number of anilines is 1. The molecule has 0 spiro atoms. The summed E-state index contributed by atoms with van der Waals surface area (Å²) in [5.41, 5.74) is 4.11. The Morgan fingerprint density at radius 3 is 2.19 bits per heavy atom. The van der Waals surface area contributed by atoms with E-state index in [9.17, 15) is 9.59 Å². The lowest BCUT2D eigenvalue weighted by molar-refractivity contribution is 0.102. The summed E-state index contributed by atoms with van der Waals surface area (Å²) in [7, 11) is 0. The van der Waals surface area contributed by atoms with Crippen molar-refractivity contribution >= 4 is 23.5 Å². The number of benzene rings is 3. The molecule has 0 saturated carbocycles. The number of carbonyl (C=O) groups is 2. The summed E-state index contributed by atoms with van der Waals surface area (Å²) >= 11 is 0. The first-order chi connectivity index (χ1) is 12.7. The van der Waals surface area contributed by atoms with Crippen LogP contribution in [0.2, 0.25) is 0 Å². The van der Waals surface area contributed by atoms with Crippen molar-refractivity contribution in [2.24, 2.45) is 0 Å². The zero-order chi connectivity index (χ0) is 17.9. The number of fused-ring (bicyclic) bond motifs is 2. The summed E-state index contributed by atoms with van der Waals surface area (Å²) in [5.74, 6) is -0.261. The molecule has 0 unspecified atom stereocenters. The van der Waals surface area contributed by atoms with E-state index in [4.69, 9.17) is 0 Å². The molecule has 3 aromatic rings. The predicted octanol–water partition coefficient (Wildman–Crippen LogP) is 4.76. The van der Waals surface area contributed by atoms with Crippen molar-refractivity contribution in [2.45, 2.75) is 6.42 Å². The van der Waals surface area contributed by atoms with E-state index in [0.717, 1.165) is 11.1 Å². The molecule has 1 aliphatic heterocycles. The number of nitrogens with one attached hydrogen (secondary N) is 1. The molecule has 4 rings (SSSR count). The van der Waals surface area contributed by atoms with E-state index in [1.54, 1.807) is 18.2 Å². The number of ketones is 1. The number of amides is 1. The van der Waals surface area contributed by atoms with Crippen LogP contribution in [0.5, 0.6) is 0 Å². The first-order valence-electron chi connectivity index (χ1n) is 8.51. The molecule has 1 N–H and O–H groups in total. The summed E-state index contributed by atoms with van der Waals surface area (Å²) < 4.78 is 0. The van der Waals surface area contributed by atoms with Crippen LogP contribution < -0.4 is 5.32 Å². The van der Waals surface area contributed by atoms with Gasteiger partial charge in [0.05, 0.1) is 5.69 Å². The fraction of sp³-hybridized carbons (Fsp3) is 0.0435. The minimum atomic E-state index is -0.193. The van der Waals surface area contributed by atoms with Gasteiger partial charge in [0, 0.05) is 23.1 Å². The molecule has 3 aromatic carbocycles. The van der Waals surface area contributed by atoms with Gasteiger partial charge in [0.1, 0.15) is 0 Å². The SMILES string of the molecule is O=C1Nc2ccccc2C(=O)/C(=C/c2ccccc2)Cc2ccccc21. The lowest BCUT2D eigenvalue weighted by Crippen LogP contribution is -2.14. The molecule has 0 fully saturated rings. The average molecular weight is 339 g/mol. The number of rotatable bonds is 1. The Morgan fingerprint density at radius 1 is 0.731 bits per heavy atom. The van der Waals surface area contributed by atoms with Gasteiger partial charge < -0.3 is 5.32 Å². The third-order valence-corrected chi connectivity index (χ3v) is 4.49. The van der Waals surface area contributed by atoms with E-state index in [2.05, 4.69) is 5.32 Å². The molecule has 0 aliphatic carbocycles. The van der Waals surface area contributed by atoms with Crippen LogP contribution in [0.3, 0.4) is 0 Å². The highest BCUT2D eigenvalue weighted by Gasteiger charge is 2.23. The van der Waals surface area contributed by atoms with Gasteiger partial charge in [-0.15, -0.1) is 0 Å². The zero-order valence-electron chi connectivity index (χ0n) is 14.1. The molecule has 1 aliphatic rings. The molecule has 3 nitrogen and oxygen atoms in total. The van der Waals surface area contributed by atoms with Crippen molar-refractivity contribution in [3.63, 3.8) is 0 Å². The highest BCUT2D eigenvalue weighted by Crippen LogP contribution is 2.27. The number of hydrogen-bond acceptors (Lipinski definition) is 2. The maximum absolute atomic E-state index is 13.2. The molecule has 0 saturated heterocycles. The van der Waals surface area contributed by atoms with E-state index in [0.29, 0.717) is 28.8 Å². The van der Waals surface area contributed by atoms with Crippen LogP contribution in [0.4, 0.5) is 5.69 Å². The van der Waals surface area contributed by atoms with E-state index in [-0.39, 0.29) is 11.7 Å². The molecule has 26 heavy (non-hydrogen) atoms. The molecular weight excluding hydrogens is 322 g/mol. The van der Waals surface area contributed by atoms with Gasteiger partial charge in [0.25, 0.3) is 5.91 Å². The lowest BCUT2D eigenvalue weighted by atomic mass is 9.93. The summed E-state index contributed by atoms with van der Waals surface area (Å²) in [6.45, 7) is 0. The third-order valence-electron chi connectivity index (χ3n) is 4.49. The van der Waals surface area contributed by atoms with Crippen LogP contribution in [0.25, 0.3) is 6.08 Å². The van der Waals surface area contributed by atoms with Gasteiger partial charge >= 0.3 is 0 Å². The maximum Gasteiger partial charge on any atom is 0.255 e. The normalized spacial score (nSPS) is 15.3. The quantitative estimate of drug-likeness (QED) is 0.650.